The van der Waals surface area contributed by atoms with Gasteiger partial charge in [0.05, 0.1) is 22.5 Å². The average molecular weight is 667 g/mol. The first-order chi connectivity index (χ1) is 21.0. The monoisotopic (exact) mass is 666 g/mol. The molecule has 0 saturated carbocycles. The van der Waals surface area contributed by atoms with Gasteiger partial charge in [-0.3, -0.25) is 4.79 Å². The molecule has 7 nitrogen and oxygen atoms in total. The van der Waals surface area contributed by atoms with Gasteiger partial charge < -0.3 is 15.5 Å². The second-order valence-corrected chi connectivity index (χ2v) is 15.8. The number of fused-ring (bicyclic) bond motifs is 1. The molecule has 3 aromatic rings. The molecular formula is C33H41F3N2O5S2. The predicted molar refractivity (Wildman–Crippen MR) is 170 cm³/mol. The summed E-state index contributed by atoms with van der Waals surface area (Å²) in [7, 11) is -3.17. The highest BCUT2D eigenvalue weighted by atomic mass is 32.2. The molecule has 12 heteroatoms. The van der Waals surface area contributed by atoms with Gasteiger partial charge in [0.1, 0.15) is 0 Å². The Morgan fingerprint density at radius 2 is 1.73 bits per heavy atom. The summed E-state index contributed by atoms with van der Waals surface area (Å²) in [6.07, 6.45) is -2.46. The highest BCUT2D eigenvalue weighted by Gasteiger charge is 2.34. The van der Waals surface area contributed by atoms with Gasteiger partial charge in [0.2, 0.25) is 10.0 Å². The molecule has 1 aliphatic carbocycles. The van der Waals surface area contributed by atoms with Crippen LogP contribution in [0.1, 0.15) is 55.2 Å². The molecule has 1 aliphatic rings. The lowest BCUT2D eigenvalue weighted by molar-refractivity contribution is -0.141. The first-order valence-corrected chi connectivity index (χ1v) is 17.2. The minimum absolute atomic E-state index is 0.0643. The van der Waals surface area contributed by atoms with Gasteiger partial charge in [0.25, 0.3) is 0 Å². The minimum atomic E-state index is -4.80. The quantitative estimate of drug-likeness (QED) is 0.188. The van der Waals surface area contributed by atoms with Gasteiger partial charge in [-0.2, -0.15) is 17.5 Å². The number of halogens is 3. The van der Waals surface area contributed by atoms with Gasteiger partial charge in [0.15, 0.2) is 0 Å². The van der Waals surface area contributed by atoms with E-state index in [1.807, 2.05) is 26.0 Å². The number of nitrogens with zero attached hydrogens (tertiary/aromatic N) is 1. The maximum Gasteiger partial charge on any atom is 0.416 e. The van der Waals surface area contributed by atoms with E-state index < -0.39 is 44.6 Å². The van der Waals surface area contributed by atoms with Crippen LogP contribution in [0.4, 0.5) is 13.2 Å². The van der Waals surface area contributed by atoms with Crippen molar-refractivity contribution < 1.29 is 36.6 Å². The minimum Gasteiger partial charge on any atom is -0.481 e. The first-order valence-electron chi connectivity index (χ1n) is 15.0. The summed E-state index contributed by atoms with van der Waals surface area (Å²) in [6.45, 7) is 5.61. The van der Waals surface area contributed by atoms with Crippen molar-refractivity contribution in [1.82, 2.24) is 9.62 Å². The van der Waals surface area contributed by atoms with Gasteiger partial charge in [0, 0.05) is 35.4 Å². The average Bonchev–Trinajstić information content (AvgIpc) is 3.60. The fraction of sp³-hybridized carbons (Fsp3) is 0.485. The fourth-order valence-electron chi connectivity index (χ4n) is 5.97. The zero-order valence-electron chi connectivity index (χ0n) is 25.9. The number of likely N-dealkylation sites (N-methyl/N-ethyl adjacent to an activating group) is 1. The van der Waals surface area contributed by atoms with E-state index in [0.29, 0.717) is 28.2 Å². The fourth-order valence-corrected chi connectivity index (χ4v) is 8.32. The number of alkyl halides is 3. The van der Waals surface area contributed by atoms with Gasteiger partial charge in [-0.15, -0.1) is 11.3 Å². The van der Waals surface area contributed by atoms with Crippen LogP contribution in [-0.4, -0.2) is 60.7 Å². The van der Waals surface area contributed by atoms with Crippen molar-refractivity contribution in [3.63, 3.8) is 0 Å². The van der Waals surface area contributed by atoms with Crippen LogP contribution in [0.25, 0.3) is 10.4 Å². The first kappa shape index (κ1) is 35.1. The molecular weight excluding hydrogens is 626 g/mol. The molecule has 0 fully saturated rings. The molecule has 0 amide bonds. The van der Waals surface area contributed by atoms with Gasteiger partial charge >= 0.3 is 12.1 Å². The number of rotatable bonds is 14. The number of aliphatic carboxylic acids is 1. The molecule has 2 aromatic carbocycles. The van der Waals surface area contributed by atoms with Crippen molar-refractivity contribution in [2.24, 2.45) is 11.8 Å². The number of aliphatic hydroxyl groups excluding tert-OH is 1. The smallest absolute Gasteiger partial charge is 0.416 e. The van der Waals surface area contributed by atoms with Crippen LogP contribution in [0, 0.1) is 11.8 Å². The van der Waals surface area contributed by atoms with E-state index in [4.69, 9.17) is 0 Å². The Hall–Kier alpha value is -2.77. The Kier molecular flexibility index (Phi) is 10.9. The van der Waals surface area contributed by atoms with E-state index >= 15 is 0 Å². The van der Waals surface area contributed by atoms with Crippen LogP contribution in [-0.2, 0) is 40.3 Å². The molecule has 4 rings (SSSR count). The summed E-state index contributed by atoms with van der Waals surface area (Å²) in [4.78, 5) is 12.0. The standard InChI is InChI=1S/C33H41F3N2O5S2/c1-5-22(31(40)41)15-28-10-11-30(44-28)25-14-26(33(34,35)36)17-29(16-25)45(42,43)38(4)20-27(39)19-37-32(2,3)18-21-12-23-8-6-7-9-24(23)13-21/h6-11,14,16-17,21-22,27,37,39H,5,12-13,15,18-20H2,1-4H3,(H,40,41). The lowest BCUT2D eigenvalue weighted by Crippen LogP contribution is -2.47. The number of nitrogens with one attached hydrogen (secondary N) is 1. The lowest BCUT2D eigenvalue weighted by Gasteiger charge is -2.31. The predicted octanol–water partition coefficient (Wildman–Crippen LogP) is 6.24. The molecule has 0 spiro atoms. The van der Waals surface area contributed by atoms with Crippen molar-refractivity contribution in [2.75, 3.05) is 20.1 Å². The van der Waals surface area contributed by atoms with Crippen molar-refractivity contribution >= 4 is 27.3 Å². The number of benzene rings is 2. The van der Waals surface area contributed by atoms with E-state index in [2.05, 4.69) is 17.4 Å². The molecule has 0 bridgehead atoms. The third-order valence-electron chi connectivity index (χ3n) is 8.40. The van der Waals surface area contributed by atoms with Crippen molar-refractivity contribution in [3.05, 3.63) is 76.2 Å². The summed E-state index contributed by atoms with van der Waals surface area (Å²) >= 11 is 1.13. The number of aliphatic hydroxyl groups is 1. The molecule has 246 valence electrons. The van der Waals surface area contributed by atoms with Crippen LogP contribution in [0.2, 0.25) is 0 Å². The maximum absolute atomic E-state index is 13.9. The largest absolute Gasteiger partial charge is 0.481 e. The number of hydrogen-bond acceptors (Lipinski definition) is 6. The summed E-state index contributed by atoms with van der Waals surface area (Å²) < 4.78 is 69.5. The number of hydrogen-bond donors (Lipinski definition) is 3. The van der Waals surface area contributed by atoms with Gasteiger partial charge in [-0.05, 0) is 98.9 Å². The normalized spacial score (nSPS) is 15.8. The Morgan fingerprint density at radius 1 is 1.09 bits per heavy atom. The van der Waals surface area contributed by atoms with Gasteiger partial charge in [-0.25, -0.2) is 8.42 Å². The van der Waals surface area contributed by atoms with Crippen LogP contribution < -0.4 is 5.32 Å². The zero-order chi connectivity index (χ0) is 33.2. The molecule has 2 atom stereocenters. The number of sulfonamides is 1. The lowest BCUT2D eigenvalue weighted by atomic mass is 9.88. The summed E-state index contributed by atoms with van der Waals surface area (Å²) in [5.41, 5.74) is 1.32. The van der Waals surface area contributed by atoms with E-state index in [1.165, 1.54) is 24.2 Å². The SMILES string of the molecule is CCC(Cc1ccc(-c2cc(C(F)(F)F)cc(S(=O)(=O)N(C)CC(O)CNC(C)(C)CC3Cc4ccccc4C3)c2)s1)C(=O)O. The van der Waals surface area contributed by atoms with E-state index in [1.54, 1.807) is 19.1 Å². The highest BCUT2D eigenvalue weighted by Crippen LogP contribution is 2.38. The third-order valence-corrected chi connectivity index (χ3v) is 11.4. The Morgan fingerprint density at radius 3 is 2.31 bits per heavy atom. The molecule has 45 heavy (non-hydrogen) atoms. The van der Waals surface area contributed by atoms with Crippen LogP contribution >= 0.6 is 11.3 Å². The second-order valence-electron chi connectivity index (χ2n) is 12.6. The molecule has 3 N–H and O–H groups in total. The Labute approximate surface area is 267 Å². The Bertz CT molecular complexity index is 1580. The number of carboxylic acid groups (broad SMARTS) is 1. The molecule has 2 unspecified atom stereocenters. The number of thiophene rings is 1. The molecule has 0 aliphatic heterocycles. The summed E-state index contributed by atoms with van der Waals surface area (Å²) in [5, 5.41) is 23.5. The topological polar surface area (TPSA) is 107 Å². The Balaban J connectivity index is 1.44. The van der Waals surface area contributed by atoms with E-state index in [0.717, 1.165) is 41.0 Å². The van der Waals surface area contributed by atoms with Crippen LogP contribution in [0.3, 0.4) is 0 Å². The number of carboxylic acids is 1. The van der Waals surface area contributed by atoms with E-state index in [9.17, 15) is 36.6 Å². The van der Waals surface area contributed by atoms with Crippen molar-refractivity contribution in [3.8, 4) is 10.4 Å². The molecule has 0 saturated heterocycles. The molecule has 1 aromatic heterocycles. The zero-order valence-corrected chi connectivity index (χ0v) is 27.5. The molecule has 0 radical (unpaired) electrons. The number of carbonyl (C=O) groups is 1. The number of β-amino-alcohol motifs (C(OH)–C–C–N with tert-alkyl or cyclic N) is 1. The second kappa shape index (κ2) is 13.9. The third kappa shape index (κ3) is 8.94. The van der Waals surface area contributed by atoms with Crippen molar-refractivity contribution in [1.29, 1.82) is 0 Å². The molecule has 1 heterocycles. The van der Waals surface area contributed by atoms with E-state index in [-0.39, 0.29) is 30.6 Å². The summed E-state index contributed by atoms with van der Waals surface area (Å²) in [6, 6.07) is 14.3. The maximum atomic E-state index is 13.9. The summed E-state index contributed by atoms with van der Waals surface area (Å²) in [5.74, 6) is -1.14. The van der Waals surface area contributed by atoms with Crippen molar-refractivity contribution in [2.45, 2.75) is 75.6 Å². The van der Waals surface area contributed by atoms with Crippen LogP contribution in [0.5, 0.6) is 0 Å². The van der Waals surface area contributed by atoms with Crippen LogP contribution in [0.15, 0.2) is 59.5 Å². The van der Waals surface area contributed by atoms with Gasteiger partial charge in [-0.1, -0.05) is 31.2 Å². The highest BCUT2D eigenvalue weighted by molar-refractivity contribution is 7.89.